The second-order valence-corrected chi connectivity index (χ2v) is 9.00. The van der Waals surface area contributed by atoms with Gasteiger partial charge in [0.05, 0.1) is 23.7 Å². The van der Waals surface area contributed by atoms with Crippen molar-refractivity contribution in [3.63, 3.8) is 0 Å². The molecule has 0 aromatic heterocycles. The predicted octanol–water partition coefficient (Wildman–Crippen LogP) is 3.98. The van der Waals surface area contributed by atoms with Crippen LogP contribution in [0.4, 0.5) is 0 Å². The van der Waals surface area contributed by atoms with Crippen molar-refractivity contribution >= 4 is 29.1 Å². The summed E-state index contributed by atoms with van der Waals surface area (Å²) in [7, 11) is 0. The number of allylic oxidation sites excluding steroid dienone is 2. The Balaban J connectivity index is 1.66. The molecule has 170 valence electrons. The van der Waals surface area contributed by atoms with E-state index in [1.807, 2.05) is 0 Å². The standard InChI is InChI=1S/C23H38N2O4S/c1-2-3-4-8-11-22(30)25-16-21(26)24-15-18-17(19-13-14-20(18)29-19)10-7-5-6-9-12-23(27)28/h5,7,17-20H,2-4,6,8-16H2,1H3,(H,24,26)(H,25,30)(H,27,28)/b7-5-/t17-,18+,19-,20+/m1/s1. The van der Waals surface area contributed by atoms with Crippen molar-refractivity contribution in [3.05, 3.63) is 12.2 Å². The third kappa shape index (κ3) is 8.72. The Hall–Kier alpha value is -1.47. The average molecular weight is 439 g/mol. The monoisotopic (exact) mass is 438 g/mol. The molecule has 4 atom stereocenters. The van der Waals surface area contributed by atoms with Crippen LogP contribution in [-0.4, -0.2) is 47.3 Å². The summed E-state index contributed by atoms with van der Waals surface area (Å²) >= 11 is 5.32. The third-order valence-electron chi connectivity index (χ3n) is 6.17. The average Bonchev–Trinajstić information content (AvgIpc) is 3.32. The van der Waals surface area contributed by atoms with Crippen LogP contribution >= 0.6 is 12.2 Å². The van der Waals surface area contributed by atoms with Crippen molar-refractivity contribution in [1.29, 1.82) is 0 Å². The van der Waals surface area contributed by atoms with Gasteiger partial charge in [0.15, 0.2) is 0 Å². The minimum Gasteiger partial charge on any atom is -0.481 e. The zero-order chi connectivity index (χ0) is 21.8. The first-order valence-electron chi connectivity index (χ1n) is 11.6. The molecule has 7 heteroatoms. The molecule has 0 saturated carbocycles. The van der Waals surface area contributed by atoms with Crippen LogP contribution < -0.4 is 10.6 Å². The van der Waals surface area contributed by atoms with Crippen LogP contribution in [0, 0.1) is 11.8 Å². The number of carboxylic acid groups (broad SMARTS) is 1. The van der Waals surface area contributed by atoms with E-state index >= 15 is 0 Å². The van der Waals surface area contributed by atoms with Gasteiger partial charge in [0.2, 0.25) is 5.91 Å². The first kappa shape index (κ1) is 24.8. The first-order chi connectivity index (χ1) is 14.5. The summed E-state index contributed by atoms with van der Waals surface area (Å²) in [5, 5.41) is 14.8. The van der Waals surface area contributed by atoms with Gasteiger partial charge in [0.25, 0.3) is 0 Å². The molecule has 1 amide bonds. The number of hydrogen-bond acceptors (Lipinski definition) is 4. The molecule has 0 aromatic carbocycles. The molecule has 30 heavy (non-hydrogen) atoms. The largest absolute Gasteiger partial charge is 0.481 e. The van der Waals surface area contributed by atoms with Crippen molar-refractivity contribution in [1.82, 2.24) is 10.6 Å². The molecule has 6 nitrogen and oxygen atoms in total. The topological polar surface area (TPSA) is 87.7 Å². The molecule has 0 aliphatic carbocycles. The van der Waals surface area contributed by atoms with Gasteiger partial charge in [-0.3, -0.25) is 9.59 Å². The van der Waals surface area contributed by atoms with E-state index in [0.717, 1.165) is 43.5 Å². The van der Waals surface area contributed by atoms with Gasteiger partial charge in [0, 0.05) is 18.9 Å². The summed E-state index contributed by atoms with van der Waals surface area (Å²) in [6.07, 6.45) is 15.1. The second-order valence-electron chi connectivity index (χ2n) is 8.50. The number of carbonyl (C=O) groups is 2. The van der Waals surface area contributed by atoms with Crippen molar-refractivity contribution in [3.8, 4) is 0 Å². The lowest BCUT2D eigenvalue weighted by atomic mass is 9.77. The van der Waals surface area contributed by atoms with E-state index in [-0.39, 0.29) is 31.1 Å². The van der Waals surface area contributed by atoms with Gasteiger partial charge in [-0.05, 0) is 50.9 Å². The van der Waals surface area contributed by atoms with Gasteiger partial charge in [-0.15, -0.1) is 0 Å². The number of aliphatic carboxylic acids is 1. The van der Waals surface area contributed by atoms with Gasteiger partial charge in [-0.1, -0.05) is 50.6 Å². The van der Waals surface area contributed by atoms with E-state index in [4.69, 9.17) is 22.1 Å². The SMILES string of the molecule is CCCCCCC(=S)NCC(=O)NC[C@H]1[C@@H](C/C=C\CCCC(=O)O)[C@H]2CC[C@@H]1O2. The lowest BCUT2D eigenvalue weighted by molar-refractivity contribution is -0.137. The molecule has 2 bridgehead atoms. The Labute approximate surface area is 186 Å². The number of rotatable bonds is 15. The summed E-state index contributed by atoms with van der Waals surface area (Å²) in [5.74, 6) is 0.00818. The predicted molar refractivity (Wildman–Crippen MR) is 122 cm³/mol. The summed E-state index contributed by atoms with van der Waals surface area (Å²) in [6, 6.07) is 0. The van der Waals surface area contributed by atoms with Gasteiger partial charge < -0.3 is 20.5 Å². The van der Waals surface area contributed by atoms with Crippen LogP contribution in [0.1, 0.15) is 77.6 Å². The van der Waals surface area contributed by atoms with Crippen LogP contribution in [0.5, 0.6) is 0 Å². The summed E-state index contributed by atoms with van der Waals surface area (Å²) in [4.78, 5) is 23.6. The summed E-state index contributed by atoms with van der Waals surface area (Å²) in [5.41, 5.74) is 0. The fraction of sp³-hybridized carbons (Fsp3) is 0.783. The van der Waals surface area contributed by atoms with Gasteiger partial charge >= 0.3 is 5.97 Å². The molecule has 2 rings (SSSR count). The fourth-order valence-corrected chi connectivity index (χ4v) is 4.71. The molecule has 2 fully saturated rings. The van der Waals surface area contributed by atoms with Crippen LogP contribution in [0.2, 0.25) is 0 Å². The van der Waals surface area contributed by atoms with Crippen molar-refractivity contribution in [2.24, 2.45) is 11.8 Å². The highest BCUT2D eigenvalue weighted by Crippen LogP contribution is 2.44. The molecule has 2 saturated heterocycles. The maximum atomic E-state index is 12.2. The number of amides is 1. The number of fused-ring (bicyclic) bond motifs is 2. The van der Waals surface area contributed by atoms with E-state index in [9.17, 15) is 9.59 Å². The van der Waals surface area contributed by atoms with E-state index in [2.05, 4.69) is 29.7 Å². The number of ether oxygens (including phenoxy) is 1. The van der Waals surface area contributed by atoms with Crippen LogP contribution in [0.25, 0.3) is 0 Å². The highest BCUT2D eigenvalue weighted by Gasteiger charge is 2.47. The number of carboxylic acids is 1. The highest BCUT2D eigenvalue weighted by molar-refractivity contribution is 7.80. The molecule has 0 radical (unpaired) electrons. The quantitative estimate of drug-likeness (QED) is 0.204. The normalized spacial score (nSPS) is 25.0. The molecule has 0 unspecified atom stereocenters. The van der Waals surface area contributed by atoms with Gasteiger partial charge in [-0.2, -0.15) is 0 Å². The summed E-state index contributed by atoms with van der Waals surface area (Å²) in [6.45, 7) is 3.07. The van der Waals surface area contributed by atoms with E-state index in [1.54, 1.807) is 0 Å². The van der Waals surface area contributed by atoms with Crippen molar-refractivity contribution in [2.75, 3.05) is 13.1 Å². The van der Waals surface area contributed by atoms with E-state index in [1.165, 1.54) is 19.3 Å². The van der Waals surface area contributed by atoms with Gasteiger partial charge in [-0.25, -0.2) is 0 Å². The van der Waals surface area contributed by atoms with Crippen molar-refractivity contribution in [2.45, 2.75) is 89.8 Å². The fourth-order valence-electron chi connectivity index (χ4n) is 4.50. The maximum absolute atomic E-state index is 12.2. The third-order valence-corrected chi connectivity index (χ3v) is 6.51. The number of carbonyl (C=O) groups excluding carboxylic acids is 1. The molecule has 0 spiro atoms. The molecular weight excluding hydrogens is 400 g/mol. The molecule has 2 heterocycles. The summed E-state index contributed by atoms with van der Waals surface area (Å²) < 4.78 is 6.10. The Kier molecular flexibility index (Phi) is 11.4. The first-order valence-corrected chi connectivity index (χ1v) is 12.0. The zero-order valence-corrected chi connectivity index (χ0v) is 19.1. The molecule has 2 aliphatic heterocycles. The molecule has 3 N–H and O–H groups in total. The van der Waals surface area contributed by atoms with Crippen molar-refractivity contribution < 1.29 is 19.4 Å². The Morgan fingerprint density at radius 3 is 2.53 bits per heavy atom. The molecular formula is C23H38N2O4S. The highest BCUT2D eigenvalue weighted by atomic mass is 32.1. The molecule has 2 aliphatic rings. The second kappa shape index (κ2) is 13.8. The molecule has 0 aromatic rings. The number of thiocarbonyl (C=S) groups is 1. The number of unbranched alkanes of at least 4 members (excludes halogenated alkanes) is 4. The zero-order valence-electron chi connectivity index (χ0n) is 18.2. The lowest BCUT2D eigenvalue weighted by Crippen LogP contribution is -2.42. The van der Waals surface area contributed by atoms with E-state index in [0.29, 0.717) is 24.8 Å². The smallest absolute Gasteiger partial charge is 0.303 e. The Bertz CT molecular complexity index is 596. The number of nitrogens with one attached hydrogen (secondary N) is 2. The minimum atomic E-state index is -0.743. The van der Waals surface area contributed by atoms with E-state index < -0.39 is 5.97 Å². The number of hydrogen-bond donors (Lipinski definition) is 3. The maximum Gasteiger partial charge on any atom is 0.303 e. The van der Waals surface area contributed by atoms with Crippen LogP contribution in [-0.2, 0) is 14.3 Å². The van der Waals surface area contributed by atoms with Crippen LogP contribution in [0.15, 0.2) is 12.2 Å². The Morgan fingerprint density at radius 1 is 1.03 bits per heavy atom. The van der Waals surface area contributed by atoms with Gasteiger partial charge in [0.1, 0.15) is 0 Å². The van der Waals surface area contributed by atoms with Crippen LogP contribution in [0.3, 0.4) is 0 Å². The minimum absolute atomic E-state index is 0.0170. The Morgan fingerprint density at radius 2 is 1.80 bits per heavy atom. The lowest BCUT2D eigenvalue weighted by Gasteiger charge is -2.27.